The number of hydrogen-bond donors (Lipinski definition) is 0. The Labute approximate surface area is 309 Å². The number of rotatable bonds is 6. The quantitative estimate of drug-likeness (QED) is 0.159. The van der Waals surface area contributed by atoms with Crippen LogP contribution in [0.2, 0.25) is 0 Å². The van der Waals surface area contributed by atoms with Crippen molar-refractivity contribution in [3.8, 4) is 5.69 Å². The van der Waals surface area contributed by atoms with Crippen molar-refractivity contribution in [1.82, 2.24) is 4.57 Å². The van der Waals surface area contributed by atoms with E-state index in [0.29, 0.717) is 0 Å². The number of benzene rings is 9. The van der Waals surface area contributed by atoms with Gasteiger partial charge in [0.25, 0.3) is 0 Å². The van der Waals surface area contributed by atoms with Crippen LogP contribution in [0.3, 0.4) is 0 Å². The first-order valence-electron chi connectivity index (χ1n) is 18.4. The van der Waals surface area contributed by atoms with Crippen molar-refractivity contribution in [2.75, 3.05) is 4.90 Å². The smallest absolute Gasteiger partial charge is 0.0542 e. The maximum Gasteiger partial charge on any atom is 0.0542 e. The number of fused-ring (bicyclic) bond motifs is 8. The van der Waals surface area contributed by atoms with Crippen LogP contribution < -0.4 is 4.90 Å². The summed E-state index contributed by atoms with van der Waals surface area (Å²) < 4.78 is 2.38. The summed E-state index contributed by atoms with van der Waals surface area (Å²) in [4.78, 5) is 2.45. The molecule has 0 aliphatic rings. The Balaban J connectivity index is 1.20. The third-order valence-corrected chi connectivity index (χ3v) is 11.3. The van der Waals surface area contributed by atoms with Gasteiger partial charge in [-0.3, -0.25) is 0 Å². The third-order valence-electron chi connectivity index (χ3n) is 11.3. The molecule has 9 aromatic carbocycles. The Morgan fingerprint density at radius 2 is 0.943 bits per heavy atom. The van der Waals surface area contributed by atoms with Gasteiger partial charge in [0.2, 0.25) is 0 Å². The average molecular weight is 679 g/mol. The fourth-order valence-corrected chi connectivity index (χ4v) is 8.47. The lowest BCUT2D eigenvalue weighted by molar-refractivity contribution is 0.641. The first kappa shape index (κ1) is 31.1. The second kappa shape index (κ2) is 12.3. The highest BCUT2D eigenvalue weighted by Gasteiger charge is 2.24. The van der Waals surface area contributed by atoms with Crippen molar-refractivity contribution >= 4 is 71.2 Å². The molecule has 2 nitrogen and oxygen atoms in total. The highest BCUT2D eigenvalue weighted by Crippen LogP contribution is 2.44. The molecule has 0 amide bonds. The van der Waals surface area contributed by atoms with E-state index in [1.54, 1.807) is 0 Å². The van der Waals surface area contributed by atoms with Crippen LogP contribution in [-0.4, -0.2) is 4.57 Å². The molecule has 10 rings (SSSR count). The number of para-hydroxylation sites is 2. The second-order valence-corrected chi connectivity index (χ2v) is 14.6. The molecule has 0 aliphatic carbocycles. The van der Waals surface area contributed by atoms with Gasteiger partial charge < -0.3 is 9.47 Å². The number of nitrogens with zero attached hydrogens (tertiary/aromatic N) is 2. The van der Waals surface area contributed by atoms with Gasteiger partial charge in [-0.25, -0.2) is 0 Å². The van der Waals surface area contributed by atoms with Crippen LogP contribution in [0.4, 0.5) is 17.1 Å². The van der Waals surface area contributed by atoms with Gasteiger partial charge in [0.05, 0.1) is 16.7 Å². The molecule has 0 spiro atoms. The van der Waals surface area contributed by atoms with E-state index >= 15 is 0 Å². The molecule has 0 fully saturated rings. The highest BCUT2D eigenvalue weighted by molar-refractivity contribution is 6.20. The Hall–Kier alpha value is -6.64. The standard InChI is InChI=1S/C51H38N2/c1-51(2,36-15-5-3-6-16-36)37-25-27-39(28-26-37)52(48-23-13-21-42-44-30-24-35-14-9-10-19-41(35)43(44)31-32-46(42)48)40-29-33-50-47(34-40)45-20-11-12-22-49(45)53(50)38-17-7-4-8-18-38/h3-34H,1-2H3. The van der Waals surface area contributed by atoms with Crippen molar-refractivity contribution < 1.29 is 0 Å². The summed E-state index contributed by atoms with van der Waals surface area (Å²) in [5.41, 5.74) is 9.40. The Kier molecular flexibility index (Phi) is 7.19. The van der Waals surface area contributed by atoms with E-state index in [1.165, 1.54) is 65.3 Å². The lowest BCUT2D eigenvalue weighted by Gasteiger charge is -2.30. The molecule has 0 unspecified atom stereocenters. The van der Waals surface area contributed by atoms with E-state index in [9.17, 15) is 0 Å². The molecule has 53 heavy (non-hydrogen) atoms. The predicted molar refractivity (Wildman–Crippen MR) is 227 cm³/mol. The normalized spacial score (nSPS) is 12.0. The van der Waals surface area contributed by atoms with Gasteiger partial charge in [0.1, 0.15) is 0 Å². The van der Waals surface area contributed by atoms with E-state index in [4.69, 9.17) is 0 Å². The highest BCUT2D eigenvalue weighted by atomic mass is 15.1. The lowest BCUT2D eigenvalue weighted by atomic mass is 9.78. The minimum absolute atomic E-state index is 0.135. The van der Waals surface area contributed by atoms with Crippen molar-refractivity contribution in [2.45, 2.75) is 19.3 Å². The SMILES string of the molecule is CC(C)(c1ccccc1)c1ccc(N(c2ccc3c(c2)c2ccccc2n3-c2ccccc2)c2cccc3c2ccc2c4ccccc4ccc32)cc1. The third kappa shape index (κ3) is 5.02. The minimum Gasteiger partial charge on any atom is -0.310 e. The van der Waals surface area contributed by atoms with Crippen LogP contribution in [0.5, 0.6) is 0 Å². The summed E-state index contributed by atoms with van der Waals surface area (Å²) >= 11 is 0. The van der Waals surface area contributed by atoms with Gasteiger partial charge in [-0.2, -0.15) is 0 Å². The van der Waals surface area contributed by atoms with Gasteiger partial charge in [-0.05, 0) is 92.7 Å². The van der Waals surface area contributed by atoms with Crippen molar-refractivity contribution in [3.63, 3.8) is 0 Å². The van der Waals surface area contributed by atoms with Crippen LogP contribution in [0.1, 0.15) is 25.0 Å². The van der Waals surface area contributed by atoms with E-state index in [2.05, 4.69) is 217 Å². The first-order valence-corrected chi connectivity index (χ1v) is 18.4. The summed E-state index contributed by atoms with van der Waals surface area (Å²) in [6.45, 7) is 4.62. The molecule has 0 radical (unpaired) electrons. The molecule has 252 valence electrons. The van der Waals surface area contributed by atoms with Gasteiger partial charge in [-0.1, -0.05) is 153 Å². The second-order valence-electron chi connectivity index (χ2n) is 14.6. The Morgan fingerprint density at radius 3 is 1.75 bits per heavy atom. The van der Waals surface area contributed by atoms with Gasteiger partial charge >= 0.3 is 0 Å². The van der Waals surface area contributed by atoms with E-state index < -0.39 is 0 Å². The Morgan fingerprint density at radius 1 is 0.377 bits per heavy atom. The van der Waals surface area contributed by atoms with Crippen molar-refractivity contribution in [2.24, 2.45) is 0 Å². The topological polar surface area (TPSA) is 8.17 Å². The van der Waals surface area contributed by atoms with E-state index in [0.717, 1.165) is 22.7 Å². The molecule has 0 saturated heterocycles. The molecule has 0 saturated carbocycles. The van der Waals surface area contributed by atoms with Crippen molar-refractivity contribution in [3.05, 3.63) is 205 Å². The Bertz CT molecular complexity index is 2950. The van der Waals surface area contributed by atoms with Crippen LogP contribution >= 0.6 is 0 Å². The summed E-state index contributed by atoms with van der Waals surface area (Å²) in [6.07, 6.45) is 0. The fourth-order valence-electron chi connectivity index (χ4n) is 8.47. The van der Waals surface area contributed by atoms with Crippen LogP contribution in [0.25, 0.3) is 59.8 Å². The summed E-state index contributed by atoms with van der Waals surface area (Å²) in [7, 11) is 0. The van der Waals surface area contributed by atoms with E-state index in [1.807, 2.05) is 0 Å². The molecule has 2 heteroatoms. The monoisotopic (exact) mass is 678 g/mol. The number of anilines is 3. The van der Waals surface area contributed by atoms with Gasteiger partial charge in [0.15, 0.2) is 0 Å². The van der Waals surface area contributed by atoms with Gasteiger partial charge in [0, 0.05) is 38.6 Å². The molecular formula is C51H38N2. The first-order chi connectivity index (χ1) is 26.1. The van der Waals surface area contributed by atoms with Crippen LogP contribution in [0, 0.1) is 0 Å². The summed E-state index contributed by atoms with van der Waals surface area (Å²) in [5, 5.41) is 10.0. The molecule has 10 aromatic rings. The zero-order valence-electron chi connectivity index (χ0n) is 29.9. The minimum atomic E-state index is -0.135. The maximum absolute atomic E-state index is 2.45. The zero-order valence-corrected chi connectivity index (χ0v) is 29.9. The zero-order chi connectivity index (χ0) is 35.5. The summed E-state index contributed by atoms with van der Waals surface area (Å²) in [5.74, 6) is 0. The molecule has 0 N–H and O–H groups in total. The molecule has 1 aromatic heterocycles. The van der Waals surface area contributed by atoms with Crippen LogP contribution in [-0.2, 0) is 5.41 Å². The molecule has 1 heterocycles. The van der Waals surface area contributed by atoms with Gasteiger partial charge in [-0.15, -0.1) is 0 Å². The lowest BCUT2D eigenvalue weighted by Crippen LogP contribution is -2.19. The average Bonchev–Trinajstić information content (AvgIpc) is 3.55. The van der Waals surface area contributed by atoms with E-state index in [-0.39, 0.29) is 5.41 Å². The number of aromatic nitrogens is 1. The number of hydrogen-bond acceptors (Lipinski definition) is 1. The molecular weight excluding hydrogens is 641 g/mol. The fraction of sp³-hybridized carbons (Fsp3) is 0.0588. The predicted octanol–water partition coefficient (Wildman–Crippen LogP) is 14.0. The molecule has 0 atom stereocenters. The maximum atomic E-state index is 2.45. The van der Waals surface area contributed by atoms with Crippen molar-refractivity contribution in [1.29, 1.82) is 0 Å². The van der Waals surface area contributed by atoms with Crippen LogP contribution in [0.15, 0.2) is 194 Å². The molecule has 0 aliphatic heterocycles. The molecule has 0 bridgehead atoms. The largest absolute Gasteiger partial charge is 0.310 e. The summed E-state index contributed by atoms with van der Waals surface area (Å²) in [6, 6.07) is 71.0.